The zero-order chi connectivity index (χ0) is 56.3. The van der Waals surface area contributed by atoms with E-state index in [9.17, 15) is 77.9 Å². The summed E-state index contributed by atoms with van der Waals surface area (Å²) in [5.41, 5.74) is -3.07. The highest BCUT2D eigenvalue weighted by atomic mass is 19.4. The number of alkyl halides is 9. The van der Waals surface area contributed by atoms with Gasteiger partial charge in [-0.3, -0.25) is 37.7 Å². The number of hydrogen-bond acceptors (Lipinski definition) is 12. The van der Waals surface area contributed by atoms with Crippen LogP contribution in [0.2, 0.25) is 0 Å². The minimum Gasteiger partial charge on any atom is -0.462 e. The summed E-state index contributed by atoms with van der Waals surface area (Å²) in [6.45, 7) is 2.66. The van der Waals surface area contributed by atoms with Crippen molar-refractivity contribution in [3.63, 3.8) is 0 Å². The third-order valence-corrected chi connectivity index (χ3v) is 11.4. The molecule has 0 aliphatic rings. The fraction of sp³-hybridized carbons (Fsp3) is 0.191. The van der Waals surface area contributed by atoms with E-state index in [2.05, 4.69) is 5.32 Å². The van der Waals surface area contributed by atoms with E-state index in [-0.39, 0.29) is 34.3 Å². The smallest absolute Gasteiger partial charge is 0.431 e. The van der Waals surface area contributed by atoms with Crippen LogP contribution in [-0.2, 0) is 49.3 Å². The lowest BCUT2D eigenvalue weighted by Crippen LogP contribution is -2.40. The highest BCUT2D eigenvalue weighted by Gasteiger charge is 2.37. The molecule has 0 atom stereocenters. The average molecular weight is 1070 g/mol. The normalized spacial score (nSPS) is 11.8. The summed E-state index contributed by atoms with van der Waals surface area (Å²) in [6.07, 6.45) is -11.2. The molecule has 9 aromatic rings. The van der Waals surface area contributed by atoms with Crippen molar-refractivity contribution in [3.05, 3.63) is 171 Å². The molecular formula is C47H36F9N9O11. The summed E-state index contributed by atoms with van der Waals surface area (Å²) in [6, 6.07) is 14.8. The lowest BCUT2D eigenvalue weighted by Gasteiger charge is -2.15. The molecule has 9 rings (SSSR count). The van der Waals surface area contributed by atoms with Crippen LogP contribution in [0.4, 0.5) is 56.6 Å². The molecule has 76 heavy (non-hydrogen) atoms. The summed E-state index contributed by atoms with van der Waals surface area (Å²) < 4.78 is 135. The fourth-order valence-electron chi connectivity index (χ4n) is 7.60. The van der Waals surface area contributed by atoms with E-state index in [1.807, 2.05) is 0 Å². The first-order valence-electron chi connectivity index (χ1n) is 21.3. The predicted octanol–water partition coefficient (Wildman–Crippen LogP) is 6.43. The number of carbonyl (C=O) groups excluding carboxylic acids is 2. The van der Waals surface area contributed by atoms with Gasteiger partial charge < -0.3 is 29.2 Å². The lowest BCUT2D eigenvalue weighted by molar-refractivity contribution is -0.144. The van der Waals surface area contributed by atoms with Crippen LogP contribution in [0, 0.1) is 0 Å². The van der Waals surface area contributed by atoms with Crippen molar-refractivity contribution in [2.24, 2.45) is 21.1 Å². The van der Waals surface area contributed by atoms with Crippen LogP contribution >= 0.6 is 0 Å². The van der Waals surface area contributed by atoms with Crippen LogP contribution in [0.3, 0.4) is 0 Å². The standard InChI is InChI=1S/C17H14F3N3O4.C16H12F3N3O4.C14H10F3N3O3/c1-9(24)21(2)10-4-5-13-11(6-10)12(8-27-13)23-15(25)7-14(17(18,19)20)22(3)16(23)26;1-8(23)20-9-3-4-12-10(5-9)11(7-26-12)22-14(24)6-13(16(17,18)19)21(2)15(22)25;1-19-11(14(15,16)17)5-12(21)20(13(19)22)9-6-23-10-3-2-7(18)4-8(9)10/h4-8H,1-3H3;3-7H,1-2H3,(H,20,23);2-6H,18H2,1H3. The van der Waals surface area contributed by atoms with Gasteiger partial charge in [0, 0.05) is 93.5 Å². The quantitative estimate of drug-likeness (QED) is 0.140. The Kier molecular flexibility index (Phi) is 14.0. The number of nitrogens with one attached hydrogen (secondary N) is 1. The highest BCUT2D eigenvalue weighted by Crippen LogP contribution is 2.32. The number of nitrogens with zero attached hydrogens (tertiary/aromatic N) is 7. The minimum atomic E-state index is -4.85. The Morgan fingerprint density at radius 2 is 0.855 bits per heavy atom. The Balaban J connectivity index is 0.000000166. The molecule has 3 aromatic carbocycles. The number of carbonyl (C=O) groups is 2. The molecular weight excluding hydrogens is 1040 g/mol. The number of hydrogen-bond donors (Lipinski definition) is 2. The number of halogens is 9. The van der Waals surface area contributed by atoms with Gasteiger partial charge in [0.25, 0.3) is 16.7 Å². The van der Waals surface area contributed by atoms with Gasteiger partial charge in [0.1, 0.15) is 69.7 Å². The Morgan fingerprint density at radius 3 is 1.21 bits per heavy atom. The van der Waals surface area contributed by atoms with Gasteiger partial charge in [-0.1, -0.05) is 0 Å². The number of nitrogens with two attached hydrogens (primary N) is 1. The van der Waals surface area contributed by atoms with Crippen molar-refractivity contribution in [1.82, 2.24) is 27.4 Å². The highest BCUT2D eigenvalue weighted by molar-refractivity contribution is 5.96. The molecule has 2 amide bonds. The number of aromatic nitrogens is 6. The van der Waals surface area contributed by atoms with E-state index < -0.39 is 69.4 Å². The molecule has 398 valence electrons. The van der Waals surface area contributed by atoms with Crippen LogP contribution in [0.1, 0.15) is 30.9 Å². The van der Waals surface area contributed by atoms with Gasteiger partial charge in [0.05, 0.1) is 0 Å². The van der Waals surface area contributed by atoms with Gasteiger partial charge in [-0.25, -0.2) is 28.1 Å². The predicted molar refractivity (Wildman–Crippen MR) is 254 cm³/mol. The van der Waals surface area contributed by atoms with Crippen LogP contribution in [0.15, 0.2) is 134 Å². The summed E-state index contributed by atoms with van der Waals surface area (Å²) >= 11 is 0. The number of rotatable bonds is 5. The van der Waals surface area contributed by atoms with Gasteiger partial charge in [0.15, 0.2) is 0 Å². The molecule has 0 aliphatic heterocycles. The van der Waals surface area contributed by atoms with Crippen LogP contribution < -0.4 is 49.7 Å². The van der Waals surface area contributed by atoms with Gasteiger partial charge in [0.2, 0.25) is 11.8 Å². The second-order valence-corrected chi connectivity index (χ2v) is 16.4. The molecule has 0 saturated carbocycles. The Bertz CT molecular complexity index is 4180. The van der Waals surface area contributed by atoms with E-state index in [1.165, 1.54) is 62.2 Å². The molecule has 3 N–H and O–H groups in total. The van der Waals surface area contributed by atoms with Gasteiger partial charge in [-0.05, 0) is 54.6 Å². The second kappa shape index (κ2) is 19.7. The van der Waals surface area contributed by atoms with E-state index >= 15 is 0 Å². The average Bonchev–Trinajstić information content (AvgIpc) is 4.06. The van der Waals surface area contributed by atoms with E-state index in [4.69, 9.17) is 19.0 Å². The van der Waals surface area contributed by atoms with E-state index in [0.29, 0.717) is 90.2 Å². The molecule has 29 heteroatoms. The van der Waals surface area contributed by atoms with Crippen molar-refractivity contribution in [3.8, 4) is 17.1 Å². The molecule has 0 radical (unpaired) electrons. The third kappa shape index (κ3) is 10.3. The zero-order valence-corrected chi connectivity index (χ0v) is 39.8. The molecule has 0 fully saturated rings. The molecule has 0 saturated heterocycles. The van der Waals surface area contributed by atoms with Gasteiger partial charge >= 0.3 is 35.6 Å². The number of nitrogen functional groups attached to an aromatic ring is 1. The third-order valence-electron chi connectivity index (χ3n) is 11.4. The number of fused-ring (bicyclic) bond motifs is 3. The summed E-state index contributed by atoms with van der Waals surface area (Å²) in [4.78, 5) is 97.7. The zero-order valence-electron chi connectivity index (χ0n) is 39.8. The molecule has 0 unspecified atom stereocenters. The van der Waals surface area contributed by atoms with Gasteiger partial charge in [-0.15, -0.1) is 0 Å². The Morgan fingerprint density at radius 1 is 0.513 bits per heavy atom. The first-order valence-corrected chi connectivity index (χ1v) is 21.3. The molecule has 6 aromatic heterocycles. The van der Waals surface area contributed by atoms with Crippen molar-refractivity contribution in [2.75, 3.05) is 23.0 Å². The number of anilines is 3. The van der Waals surface area contributed by atoms with E-state index in [0.717, 1.165) is 39.9 Å². The van der Waals surface area contributed by atoms with Crippen LogP contribution in [-0.4, -0.2) is 46.3 Å². The van der Waals surface area contributed by atoms with Crippen molar-refractivity contribution in [2.45, 2.75) is 32.4 Å². The maximum Gasteiger partial charge on any atom is 0.431 e. The second-order valence-electron chi connectivity index (χ2n) is 16.4. The molecule has 0 bridgehead atoms. The van der Waals surface area contributed by atoms with Crippen LogP contribution in [0.25, 0.3) is 50.0 Å². The fourth-order valence-corrected chi connectivity index (χ4v) is 7.60. The molecule has 6 heterocycles. The Hall–Kier alpha value is -9.57. The van der Waals surface area contributed by atoms with Crippen molar-refractivity contribution >= 4 is 61.8 Å². The van der Waals surface area contributed by atoms with Gasteiger partial charge in [-0.2, -0.15) is 39.5 Å². The largest absolute Gasteiger partial charge is 0.462 e. The molecule has 0 spiro atoms. The van der Waals surface area contributed by atoms with Crippen LogP contribution in [0.5, 0.6) is 0 Å². The lowest BCUT2D eigenvalue weighted by atomic mass is 10.2. The number of furan rings is 3. The molecule has 0 aliphatic carbocycles. The maximum absolute atomic E-state index is 13.0. The Labute approximate surface area is 415 Å². The topological polar surface area (TPSA) is 247 Å². The summed E-state index contributed by atoms with van der Waals surface area (Å²) in [7, 11) is 4.33. The van der Waals surface area contributed by atoms with E-state index in [1.54, 1.807) is 18.2 Å². The monoisotopic (exact) mass is 1070 g/mol. The van der Waals surface area contributed by atoms with Crippen molar-refractivity contribution < 1.29 is 62.4 Å². The maximum atomic E-state index is 13.0. The first kappa shape index (κ1) is 54.2. The summed E-state index contributed by atoms with van der Waals surface area (Å²) in [5.74, 6) is -0.584. The summed E-state index contributed by atoms with van der Waals surface area (Å²) in [5, 5.41) is 3.48. The SMILES string of the molecule is CC(=O)N(C)c1ccc2occ(-n3c(=O)cc(C(F)(F)F)n(C)c3=O)c2c1.CC(=O)Nc1ccc2occ(-n3c(=O)cc(C(F)(F)F)n(C)c3=O)c2c1.Cn1c(C(F)(F)F)cc(=O)n(-c2coc3ccc(N)cc23)c1=O. The first-order chi connectivity index (χ1) is 35.3. The van der Waals surface area contributed by atoms with Crippen molar-refractivity contribution in [1.29, 1.82) is 0 Å². The number of benzene rings is 3. The molecule has 20 nitrogen and oxygen atoms in total. The minimum absolute atomic E-state index is 0.0110. The number of amides is 2.